The first-order chi connectivity index (χ1) is 32.2. The van der Waals surface area contributed by atoms with Crippen LogP contribution in [0.2, 0.25) is 0 Å². The van der Waals surface area contributed by atoms with E-state index in [0.29, 0.717) is 0 Å². The largest absolute Gasteiger partial charge is 0.308 e. The lowest BCUT2D eigenvalue weighted by Crippen LogP contribution is -2.28. The molecule has 0 bridgehead atoms. The van der Waals surface area contributed by atoms with E-state index in [1.807, 2.05) is 11.3 Å². The predicted octanol–water partition coefficient (Wildman–Crippen LogP) is 17.5. The third-order valence-electron chi connectivity index (χ3n) is 13.7. The maximum Gasteiger partial charge on any atom is 0.0714 e. The Balaban J connectivity index is 0.977. The summed E-state index contributed by atoms with van der Waals surface area (Å²) < 4.78 is 2.57. The molecule has 13 rings (SSSR count). The maximum atomic E-state index is 2.53. The van der Waals surface area contributed by atoms with Crippen molar-refractivity contribution in [3.8, 4) is 33.4 Å². The van der Waals surface area contributed by atoms with Gasteiger partial charge in [0.25, 0.3) is 0 Å². The highest BCUT2D eigenvalue weighted by atomic mass is 32.1. The van der Waals surface area contributed by atoms with Gasteiger partial charge in [-0.1, -0.05) is 200 Å². The Morgan fingerprint density at radius 1 is 0.338 bits per heavy atom. The number of fused-ring (bicyclic) bond motifs is 8. The van der Waals surface area contributed by atoms with Crippen LogP contribution in [-0.2, 0) is 5.41 Å². The minimum Gasteiger partial charge on any atom is -0.308 e. The molecule has 0 aliphatic heterocycles. The fourth-order valence-corrected chi connectivity index (χ4v) is 12.0. The highest BCUT2D eigenvalue weighted by Gasteiger charge is 2.47. The number of rotatable bonds is 7. The predicted molar refractivity (Wildman–Crippen MR) is 277 cm³/mol. The lowest BCUT2D eigenvalue weighted by atomic mass is 9.68. The first kappa shape index (κ1) is 37.5. The number of anilines is 3. The lowest BCUT2D eigenvalue weighted by Gasteiger charge is -2.34. The van der Waals surface area contributed by atoms with E-state index in [4.69, 9.17) is 0 Å². The molecule has 0 saturated heterocycles. The topological polar surface area (TPSA) is 3.24 Å². The number of benzene rings is 11. The first-order valence-corrected chi connectivity index (χ1v) is 23.2. The summed E-state index contributed by atoms with van der Waals surface area (Å²) in [4.78, 5) is 2.53. The second-order valence-electron chi connectivity index (χ2n) is 17.2. The molecule has 0 atom stereocenters. The van der Waals surface area contributed by atoms with Crippen molar-refractivity contribution in [1.29, 1.82) is 0 Å². The summed E-state index contributed by atoms with van der Waals surface area (Å²) in [7, 11) is 0. The summed E-state index contributed by atoms with van der Waals surface area (Å²) in [6.07, 6.45) is 0. The van der Waals surface area contributed by atoms with Crippen LogP contribution < -0.4 is 4.90 Å². The van der Waals surface area contributed by atoms with Gasteiger partial charge in [-0.2, -0.15) is 0 Å². The summed E-state index contributed by atoms with van der Waals surface area (Å²) in [5, 5.41) is 7.56. The van der Waals surface area contributed by atoms with Crippen molar-refractivity contribution in [3.63, 3.8) is 0 Å². The van der Waals surface area contributed by atoms with Crippen LogP contribution in [0.1, 0.15) is 22.3 Å². The van der Waals surface area contributed by atoms with Crippen LogP contribution >= 0.6 is 11.3 Å². The molecule has 0 N–H and O–H groups in total. The van der Waals surface area contributed by atoms with Crippen LogP contribution in [0, 0.1) is 0 Å². The van der Waals surface area contributed by atoms with Crippen LogP contribution in [-0.4, -0.2) is 0 Å². The molecular weight excluding hydrogens is 803 g/mol. The average molecular weight is 844 g/mol. The average Bonchev–Trinajstić information content (AvgIpc) is 3.92. The Bertz CT molecular complexity index is 3730. The highest BCUT2D eigenvalue weighted by molar-refractivity contribution is 7.26. The van der Waals surface area contributed by atoms with Crippen LogP contribution in [0.5, 0.6) is 0 Å². The molecule has 1 aliphatic rings. The van der Waals surface area contributed by atoms with E-state index < -0.39 is 5.41 Å². The normalized spacial score (nSPS) is 12.7. The quantitative estimate of drug-likeness (QED) is 0.154. The monoisotopic (exact) mass is 843 g/mol. The van der Waals surface area contributed by atoms with Crippen molar-refractivity contribution in [1.82, 2.24) is 0 Å². The molecule has 12 aromatic rings. The molecule has 0 fully saturated rings. The lowest BCUT2D eigenvalue weighted by molar-refractivity contribution is 0.768. The number of hydrogen-bond donors (Lipinski definition) is 0. The standard InChI is InChI=1S/C63H41NS/c1-3-17-50(18-4-1)63(51-19-5-2-6-20-51)56-24-11-9-22-55(56)61-57(63)25-14-26-58(61)64(59-27-13-23-54-53-21-10-12-28-60(53)65-62(54)59)52-37-35-43(36-38-52)45-31-32-48-41-49(34-33-47(48)40-45)46-30-29-42-15-7-8-16-44(42)39-46/h1-41H. The highest BCUT2D eigenvalue weighted by Crippen LogP contribution is 2.60. The van der Waals surface area contributed by atoms with Crippen LogP contribution in [0.25, 0.3) is 75.1 Å². The van der Waals surface area contributed by atoms with Gasteiger partial charge in [-0.05, 0) is 120 Å². The van der Waals surface area contributed by atoms with E-state index in [-0.39, 0.29) is 0 Å². The molecule has 1 heterocycles. The van der Waals surface area contributed by atoms with E-state index in [0.717, 1.165) is 11.4 Å². The van der Waals surface area contributed by atoms with Crippen molar-refractivity contribution >= 4 is 70.1 Å². The molecule has 1 nitrogen and oxygen atoms in total. The Morgan fingerprint density at radius 2 is 0.846 bits per heavy atom. The third kappa shape index (κ3) is 5.92. The van der Waals surface area contributed by atoms with Gasteiger partial charge in [-0.3, -0.25) is 0 Å². The third-order valence-corrected chi connectivity index (χ3v) is 14.9. The first-order valence-electron chi connectivity index (χ1n) is 22.4. The van der Waals surface area contributed by atoms with E-state index in [1.165, 1.54) is 103 Å². The van der Waals surface area contributed by atoms with Gasteiger partial charge in [0.2, 0.25) is 0 Å². The smallest absolute Gasteiger partial charge is 0.0714 e. The Labute approximate surface area is 382 Å². The number of thiophene rings is 1. The molecule has 11 aromatic carbocycles. The van der Waals surface area contributed by atoms with Gasteiger partial charge in [-0.15, -0.1) is 11.3 Å². The zero-order valence-electron chi connectivity index (χ0n) is 35.5. The molecule has 1 aliphatic carbocycles. The molecule has 0 amide bonds. The van der Waals surface area contributed by atoms with E-state index in [9.17, 15) is 0 Å². The van der Waals surface area contributed by atoms with Crippen LogP contribution in [0.15, 0.2) is 249 Å². The van der Waals surface area contributed by atoms with Crippen molar-refractivity contribution in [2.24, 2.45) is 0 Å². The molecule has 0 saturated carbocycles. The molecule has 2 heteroatoms. The number of hydrogen-bond acceptors (Lipinski definition) is 2. The Hall–Kier alpha value is -8.04. The number of nitrogens with zero attached hydrogens (tertiary/aromatic N) is 1. The second-order valence-corrected chi connectivity index (χ2v) is 18.3. The van der Waals surface area contributed by atoms with Crippen molar-refractivity contribution in [2.75, 3.05) is 4.90 Å². The van der Waals surface area contributed by atoms with E-state index in [1.54, 1.807) is 0 Å². The zero-order chi connectivity index (χ0) is 42.9. The molecule has 0 radical (unpaired) electrons. The Kier molecular flexibility index (Phi) is 8.69. The molecule has 304 valence electrons. The summed E-state index contributed by atoms with van der Waals surface area (Å²) in [6, 6.07) is 92.1. The van der Waals surface area contributed by atoms with Gasteiger partial charge >= 0.3 is 0 Å². The van der Waals surface area contributed by atoms with Crippen LogP contribution in [0.4, 0.5) is 17.1 Å². The summed E-state index contributed by atoms with van der Waals surface area (Å²) >= 11 is 1.88. The van der Waals surface area contributed by atoms with Gasteiger partial charge in [0.05, 0.1) is 21.5 Å². The van der Waals surface area contributed by atoms with Crippen LogP contribution in [0.3, 0.4) is 0 Å². The van der Waals surface area contributed by atoms with Gasteiger partial charge in [0.15, 0.2) is 0 Å². The van der Waals surface area contributed by atoms with E-state index in [2.05, 4.69) is 254 Å². The maximum absolute atomic E-state index is 2.53. The zero-order valence-corrected chi connectivity index (χ0v) is 36.3. The minimum atomic E-state index is -0.504. The van der Waals surface area contributed by atoms with Crippen molar-refractivity contribution in [3.05, 3.63) is 271 Å². The summed E-state index contributed by atoms with van der Waals surface area (Å²) in [5.74, 6) is 0. The minimum absolute atomic E-state index is 0.504. The van der Waals surface area contributed by atoms with Gasteiger partial charge in [-0.25, -0.2) is 0 Å². The van der Waals surface area contributed by atoms with Gasteiger partial charge in [0.1, 0.15) is 0 Å². The van der Waals surface area contributed by atoms with E-state index >= 15 is 0 Å². The van der Waals surface area contributed by atoms with Gasteiger partial charge < -0.3 is 4.90 Å². The van der Waals surface area contributed by atoms with Crippen molar-refractivity contribution < 1.29 is 0 Å². The second kappa shape index (κ2) is 15.1. The fraction of sp³-hybridized carbons (Fsp3) is 0.0159. The fourth-order valence-electron chi connectivity index (χ4n) is 10.8. The molecule has 0 unspecified atom stereocenters. The summed E-state index contributed by atoms with van der Waals surface area (Å²) in [6.45, 7) is 0. The van der Waals surface area contributed by atoms with Crippen molar-refractivity contribution in [2.45, 2.75) is 5.41 Å². The molecular formula is C63H41NS. The molecule has 0 spiro atoms. The van der Waals surface area contributed by atoms with Gasteiger partial charge in [0, 0.05) is 26.7 Å². The molecule has 65 heavy (non-hydrogen) atoms. The molecule has 1 aromatic heterocycles. The Morgan fingerprint density at radius 3 is 1.57 bits per heavy atom. The SMILES string of the molecule is c1ccc(C2(c3ccccc3)c3ccccc3-c3c(N(c4ccc(-c5ccc6cc(-c7ccc8ccccc8c7)ccc6c5)cc4)c4cccc5c4sc4ccccc45)cccc32)cc1. The summed E-state index contributed by atoms with van der Waals surface area (Å²) in [5.41, 5.74) is 15.4.